The maximum absolute atomic E-state index is 9.77. The third kappa shape index (κ3) is 4.29. The number of nitrogens with one attached hydrogen (secondary N) is 1. The third-order valence-corrected chi connectivity index (χ3v) is 5.65. The van der Waals surface area contributed by atoms with E-state index in [1.54, 1.807) is 31.6 Å². The summed E-state index contributed by atoms with van der Waals surface area (Å²) in [4.78, 5) is 11.2. The smallest absolute Gasteiger partial charge is 0.227 e. The number of thiophene rings is 1. The van der Waals surface area contributed by atoms with Gasteiger partial charge in [-0.1, -0.05) is 24.3 Å². The first-order valence-corrected chi connectivity index (χ1v) is 10.1. The Hall–Kier alpha value is -3.22. The summed E-state index contributed by atoms with van der Waals surface area (Å²) in [5.41, 5.74) is 3.58. The van der Waals surface area contributed by atoms with E-state index in [1.807, 2.05) is 48.5 Å². The number of aromatic nitrogens is 2. The van der Waals surface area contributed by atoms with Gasteiger partial charge >= 0.3 is 0 Å². The summed E-state index contributed by atoms with van der Waals surface area (Å²) in [6, 6.07) is 21.6. The Labute approximate surface area is 173 Å². The van der Waals surface area contributed by atoms with Crippen LogP contribution in [0.5, 0.6) is 5.75 Å². The average molecular weight is 404 g/mol. The van der Waals surface area contributed by atoms with E-state index in [2.05, 4.69) is 33.5 Å². The molecule has 0 fully saturated rings. The van der Waals surface area contributed by atoms with Gasteiger partial charge in [0.1, 0.15) is 5.75 Å². The number of hydrogen-bond acceptors (Lipinski definition) is 6. The molecular weight excluding hydrogens is 382 g/mol. The molecular formula is C23H21N3O2S. The standard InChI is InChI=1S/C23H21N3O2S/c1-15(27)16-6-5-7-17(14-16)25-23-24-13-12-19(26-23)22-11-10-21(29-22)18-8-3-4-9-20(18)28-2/h3-15,27H,1-2H3,(H,24,25,26). The molecule has 0 radical (unpaired) electrons. The van der Waals surface area contributed by atoms with Crippen molar-refractivity contribution < 1.29 is 9.84 Å². The number of aliphatic hydroxyl groups is 1. The lowest BCUT2D eigenvalue weighted by molar-refractivity contribution is 0.199. The van der Waals surface area contributed by atoms with Gasteiger partial charge in [-0.3, -0.25) is 0 Å². The summed E-state index contributed by atoms with van der Waals surface area (Å²) < 4.78 is 5.48. The van der Waals surface area contributed by atoms with Crippen LogP contribution in [0.2, 0.25) is 0 Å². The van der Waals surface area contributed by atoms with E-state index in [9.17, 15) is 5.11 Å². The maximum Gasteiger partial charge on any atom is 0.227 e. The molecule has 0 amide bonds. The number of aliphatic hydroxyl groups excluding tert-OH is 1. The second kappa shape index (κ2) is 8.43. The van der Waals surface area contributed by atoms with E-state index in [-0.39, 0.29) is 0 Å². The zero-order valence-corrected chi connectivity index (χ0v) is 17.0. The van der Waals surface area contributed by atoms with Crippen LogP contribution < -0.4 is 10.1 Å². The zero-order valence-electron chi connectivity index (χ0n) is 16.2. The molecule has 5 nitrogen and oxygen atoms in total. The van der Waals surface area contributed by atoms with Crippen LogP contribution in [0.3, 0.4) is 0 Å². The predicted molar refractivity (Wildman–Crippen MR) is 118 cm³/mol. The van der Waals surface area contributed by atoms with Crippen molar-refractivity contribution >= 4 is 23.0 Å². The fraction of sp³-hybridized carbons (Fsp3) is 0.130. The molecule has 0 aliphatic heterocycles. The second-order valence-corrected chi connectivity index (χ2v) is 7.64. The minimum atomic E-state index is -0.525. The van der Waals surface area contributed by atoms with E-state index in [1.165, 1.54) is 0 Å². The van der Waals surface area contributed by atoms with E-state index in [0.717, 1.165) is 38.0 Å². The number of rotatable bonds is 6. The number of benzene rings is 2. The molecule has 0 saturated heterocycles. The Bertz CT molecular complexity index is 1120. The minimum Gasteiger partial charge on any atom is -0.496 e. The van der Waals surface area contributed by atoms with Crippen molar-refractivity contribution in [1.29, 1.82) is 0 Å². The van der Waals surface area contributed by atoms with Crippen molar-refractivity contribution in [2.45, 2.75) is 13.0 Å². The highest BCUT2D eigenvalue weighted by molar-refractivity contribution is 7.18. The minimum absolute atomic E-state index is 0.512. The van der Waals surface area contributed by atoms with Gasteiger partial charge in [-0.25, -0.2) is 9.97 Å². The van der Waals surface area contributed by atoms with Gasteiger partial charge in [-0.05, 0) is 55.0 Å². The molecule has 1 unspecified atom stereocenters. The van der Waals surface area contributed by atoms with Crippen LogP contribution in [-0.4, -0.2) is 22.2 Å². The average Bonchev–Trinajstić information content (AvgIpc) is 3.24. The summed E-state index contributed by atoms with van der Waals surface area (Å²) in [6.45, 7) is 1.74. The van der Waals surface area contributed by atoms with Gasteiger partial charge in [0, 0.05) is 22.3 Å². The first-order valence-electron chi connectivity index (χ1n) is 9.26. The topological polar surface area (TPSA) is 67.3 Å². The van der Waals surface area contributed by atoms with Crippen LogP contribution in [0.4, 0.5) is 11.6 Å². The maximum atomic E-state index is 9.77. The Morgan fingerprint density at radius 1 is 1.00 bits per heavy atom. The second-order valence-electron chi connectivity index (χ2n) is 6.56. The zero-order chi connectivity index (χ0) is 20.2. The van der Waals surface area contributed by atoms with Crippen LogP contribution in [0.25, 0.3) is 21.0 Å². The summed E-state index contributed by atoms with van der Waals surface area (Å²) >= 11 is 1.66. The molecule has 0 bridgehead atoms. The van der Waals surface area contributed by atoms with Gasteiger partial charge in [0.15, 0.2) is 0 Å². The van der Waals surface area contributed by atoms with Crippen molar-refractivity contribution in [1.82, 2.24) is 9.97 Å². The van der Waals surface area contributed by atoms with Gasteiger partial charge in [0.25, 0.3) is 0 Å². The fourth-order valence-corrected chi connectivity index (χ4v) is 4.04. The highest BCUT2D eigenvalue weighted by Crippen LogP contribution is 2.38. The van der Waals surface area contributed by atoms with Crippen LogP contribution in [0.1, 0.15) is 18.6 Å². The molecule has 0 saturated carbocycles. The fourth-order valence-electron chi connectivity index (χ4n) is 3.03. The molecule has 2 heterocycles. The van der Waals surface area contributed by atoms with Crippen molar-refractivity contribution in [3.05, 3.63) is 78.5 Å². The number of hydrogen-bond donors (Lipinski definition) is 2. The van der Waals surface area contributed by atoms with Gasteiger partial charge in [-0.15, -0.1) is 11.3 Å². The summed E-state index contributed by atoms with van der Waals surface area (Å²) in [6.07, 6.45) is 1.22. The lowest BCUT2D eigenvalue weighted by Crippen LogP contribution is -1.99. The molecule has 4 rings (SSSR count). The monoisotopic (exact) mass is 403 g/mol. The largest absolute Gasteiger partial charge is 0.496 e. The molecule has 2 aromatic heterocycles. The predicted octanol–water partition coefficient (Wildman–Crippen LogP) is 5.68. The van der Waals surface area contributed by atoms with Crippen molar-refractivity contribution in [3.8, 4) is 26.8 Å². The summed E-state index contributed by atoms with van der Waals surface area (Å²) in [7, 11) is 1.68. The molecule has 6 heteroatoms. The van der Waals surface area contributed by atoms with Crippen molar-refractivity contribution in [2.24, 2.45) is 0 Å². The highest BCUT2D eigenvalue weighted by Gasteiger charge is 2.11. The lowest BCUT2D eigenvalue weighted by Gasteiger charge is -2.09. The number of methoxy groups -OCH3 is 1. The van der Waals surface area contributed by atoms with Crippen molar-refractivity contribution in [3.63, 3.8) is 0 Å². The van der Waals surface area contributed by atoms with Crippen LogP contribution in [0, 0.1) is 0 Å². The lowest BCUT2D eigenvalue weighted by atomic mass is 10.1. The van der Waals surface area contributed by atoms with Gasteiger partial charge in [-0.2, -0.15) is 0 Å². The first-order chi connectivity index (χ1) is 14.1. The highest BCUT2D eigenvalue weighted by atomic mass is 32.1. The normalized spacial score (nSPS) is 11.8. The molecule has 2 aromatic carbocycles. The van der Waals surface area contributed by atoms with Crippen LogP contribution in [0.15, 0.2) is 72.9 Å². The van der Waals surface area contributed by atoms with E-state index in [4.69, 9.17) is 4.74 Å². The number of anilines is 2. The molecule has 29 heavy (non-hydrogen) atoms. The quantitative estimate of drug-likeness (QED) is 0.434. The molecule has 2 N–H and O–H groups in total. The van der Waals surface area contributed by atoms with E-state index < -0.39 is 6.10 Å². The van der Waals surface area contributed by atoms with Crippen LogP contribution in [-0.2, 0) is 0 Å². The van der Waals surface area contributed by atoms with E-state index in [0.29, 0.717) is 5.95 Å². The SMILES string of the molecule is COc1ccccc1-c1ccc(-c2ccnc(Nc3cccc(C(C)O)c3)n2)s1. The Kier molecular flexibility index (Phi) is 5.55. The third-order valence-electron chi connectivity index (χ3n) is 4.51. The molecule has 0 aliphatic rings. The van der Waals surface area contributed by atoms with Gasteiger partial charge in [0.05, 0.1) is 23.8 Å². The number of ether oxygens (including phenoxy) is 1. The van der Waals surface area contributed by atoms with Crippen LogP contribution >= 0.6 is 11.3 Å². The molecule has 0 aliphatic carbocycles. The van der Waals surface area contributed by atoms with Crippen molar-refractivity contribution in [2.75, 3.05) is 12.4 Å². The Balaban J connectivity index is 1.60. The molecule has 4 aromatic rings. The Morgan fingerprint density at radius 2 is 1.83 bits per heavy atom. The van der Waals surface area contributed by atoms with Gasteiger partial charge in [0.2, 0.25) is 5.95 Å². The summed E-state index contributed by atoms with van der Waals surface area (Å²) in [5, 5.41) is 13.0. The first kappa shape index (κ1) is 19.1. The molecule has 146 valence electrons. The molecule has 1 atom stereocenters. The van der Waals surface area contributed by atoms with E-state index >= 15 is 0 Å². The van der Waals surface area contributed by atoms with Gasteiger partial charge < -0.3 is 15.2 Å². The number of nitrogens with zero attached hydrogens (tertiary/aromatic N) is 2. The Morgan fingerprint density at radius 3 is 2.66 bits per heavy atom. The summed E-state index contributed by atoms with van der Waals surface area (Å²) in [5.74, 6) is 1.36. The molecule has 0 spiro atoms. The number of para-hydroxylation sites is 1.